The molecular formula is C23H30ClN7O2. The largest absolute Gasteiger partial charge is 0.368 e. The maximum Gasteiger partial charge on any atom is 0.229 e. The van der Waals surface area contributed by atoms with Gasteiger partial charge in [-0.2, -0.15) is 0 Å². The molecule has 0 spiro atoms. The van der Waals surface area contributed by atoms with Crippen LogP contribution in [0.4, 0.5) is 11.6 Å². The minimum atomic E-state index is -0.0608. The fourth-order valence-electron chi connectivity index (χ4n) is 4.29. The van der Waals surface area contributed by atoms with Crippen molar-refractivity contribution in [3.63, 3.8) is 0 Å². The predicted octanol–water partition coefficient (Wildman–Crippen LogP) is 2.80. The van der Waals surface area contributed by atoms with Gasteiger partial charge in [-0.25, -0.2) is 9.97 Å². The number of rotatable bonds is 6. The van der Waals surface area contributed by atoms with Crippen molar-refractivity contribution in [2.45, 2.75) is 32.6 Å². The normalized spacial score (nSPS) is 19.2. The highest BCUT2D eigenvalue weighted by atomic mass is 35.5. The third kappa shape index (κ3) is 6.17. The summed E-state index contributed by atoms with van der Waals surface area (Å²) in [7, 11) is 0. The molecule has 3 N–H and O–H groups in total. The van der Waals surface area contributed by atoms with Crippen molar-refractivity contribution in [3.8, 4) is 11.3 Å². The van der Waals surface area contributed by atoms with Crippen LogP contribution in [0.2, 0.25) is 5.02 Å². The van der Waals surface area contributed by atoms with Crippen molar-refractivity contribution < 1.29 is 9.59 Å². The van der Waals surface area contributed by atoms with E-state index in [0.29, 0.717) is 40.4 Å². The average Bonchev–Trinajstić information content (AvgIpc) is 2.85. The maximum atomic E-state index is 12.6. The van der Waals surface area contributed by atoms with E-state index < -0.39 is 0 Å². The summed E-state index contributed by atoms with van der Waals surface area (Å²) >= 11 is 6.40. The molecule has 33 heavy (non-hydrogen) atoms. The zero-order valence-electron chi connectivity index (χ0n) is 18.8. The molecule has 2 aliphatic heterocycles. The maximum absolute atomic E-state index is 12.6. The molecule has 2 aromatic heterocycles. The average molecular weight is 472 g/mol. The van der Waals surface area contributed by atoms with Gasteiger partial charge in [0.05, 0.1) is 29.0 Å². The van der Waals surface area contributed by atoms with Gasteiger partial charge in [0.1, 0.15) is 11.6 Å². The zero-order valence-corrected chi connectivity index (χ0v) is 19.6. The van der Waals surface area contributed by atoms with Crippen molar-refractivity contribution in [2.75, 3.05) is 43.4 Å². The number of carbonyl (C=O) groups excluding carboxylic acids is 2. The first-order valence-corrected chi connectivity index (χ1v) is 11.9. The van der Waals surface area contributed by atoms with E-state index in [2.05, 4.69) is 30.9 Å². The molecule has 0 saturated carbocycles. The SMILES string of the molecule is CC(=O)N1CCC(CNc2cncc(-c3cc(NC(=O)[C@@H]4CCCNC4)ncc3Cl)n2)CC1. The number of pyridine rings is 1. The molecule has 4 rings (SSSR count). The number of hydrogen-bond acceptors (Lipinski definition) is 7. The quantitative estimate of drug-likeness (QED) is 0.593. The minimum absolute atomic E-state index is 0.0414. The van der Waals surface area contributed by atoms with Gasteiger partial charge in [0, 0.05) is 44.9 Å². The Balaban J connectivity index is 1.39. The van der Waals surface area contributed by atoms with Crippen molar-refractivity contribution in [3.05, 3.63) is 29.7 Å². The van der Waals surface area contributed by atoms with Gasteiger partial charge in [-0.1, -0.05) is 11.6 Å². The molecule has 2 fully saturated rings. The Bertz CT molecular complexity index is 989. The highest BCUT2D eigenvalue weighted by Gasteiger charge is 2.22. The lowest BCUT2D eigenvalue weighted by Crippen LogP contribution is -2.38. The summed E-state index contributed by atoms with van der Waals surface area (Å²) in [6.07, 6.45) is 8.65. The van der Waals surface area contributed by atoms with Gasteiger partial charge < -0.3 is 20.9 Å². The van der Waals surface area contributed by atoms with Crippen molar-refractivity contribution in [2.24, 2.45) is 11.8 Å². The fourth-order valence-corrected chi connectivity index (χ4v) is 4.49. The second-order valence-electron chi connectivity index (χ2n) is 8.70. The number of likely N-dealkylation sites (tertiary alicyclic amines) is 1. The van der Waals surface area contributed by atoms with Crippen LogP contribution in [-0.2, 0) is 9.59 Å². The van der Waals surface area contributed by atoms with Crippen LogP contribution in [0, 0.1) is 11.8 Å². The predicted molar refractivity (Wildman–Crippen MR) is 128 cm³/mol. The number of anilines is 2. The minimum Gasteiger partial charge on any atom is -0.368 e. The van der Waals surface area contributed by atoms with E-state index in [1.807, 2.05) is 4.90 Å². The van der Waals surface area contributed by atoms with E-state index in [4.69, 9.17) is 11.6 Å². The van der Waals surface area contributed by atoms with E-state index in [1.54, 1.807) is 25.4 Å². The van der Waals surface area contributed by atoms with Gasteiger partial charge in [-0.3, -0.25) is 14.6 Å². The van der Waals surface area contributed by atoms with Crippen LogP contribution in [0.25, 0.3) is 11.3 Å². The van der Waals surface area contributed by atoms with Gasteiger partial charge in [0.15, 0.2) is 0 Å². The Morgan fingerprint density at radius 1 is 1.18 bits per heavy atom. The van der Waals surface area contributed by atoms with Crippen LogP contribution in [0.5, 0.6) is 0 Å². The second-order valence-corrected chi connectivity index (χ2v) is 9.11. The first-order chi connectivity index (χ1) is 16.0. The van der Waals surface area contributed by atoms with Gasteiger partial charge in [0.2, 0.25) is 11.8 Å². The molecule has 2 amide bonds. The van der Waals surface area contributed by atoms with Gasteiger partial charge >= 0.3 is 0 Å². The first-order valence-electron chi connectivity index (χ1n) is 11.5. The molecule has 2 aromatic rings. The molecule has 4 heterocycles. The third-order valence-corrected chi connectivity index (χ3v) is 6.62. The summed E-state index contributed by atoms with van der Waals surface area (Å²) in [4.78, 5) is 39.2. The second kappa shape index (κ2) is 10.9. The highest BCUT2D eigenvalue weighted by molar-refractivity contribution is 6.33. The number of nitrogens with one attached hydrogen (secondary N) is 3. The molecule has 176 valence electrons. The molecular weight excluding hydrogens is 442 g/mol. The standard InChI is InChI=1S/C23H30ClN7O2/c1-15(32)31-7-4-16(5-8-31)10-27-22-14-26-13-20(29-22)18-9-21(28-12-19(18)24)30-23(33)17-3-2-6-25-11-17/h9,12-14,16-17,25H,2-8,10-11H2,1H3,(H,27,29)(H,28,30,33)/t17-/m1/s1. The molecule has 10 heteroatoms. The van der Waals surface area contributed by atoms with E-state index in [-0.39, 0.29) is 17.7 Å². The lowest BCUT2D eigenvalue weighted by Gasteiger charge is -2.31. The monoisotopic (exact) mass is 471 g/mol. The lowest BCUT2D eigenvalue weighted by atomic mass is 9.97. The van der Waals surface area contributed by atoms with Crippen LogP contribution in [0.15, 0.2) is 24.7 Å². The van der Waals surface area contributed by atoms with E-state index >= 15 is 0 Å². The number of piperidine rings is 2. The Morgan fingerprint density at radius 3 is 2.73 bits per heavy atom. The molecule has 2 aliphatic rings. The summed E-state index contributed by atoms with van der Waals surface area (Å²) in [6, 6.07) is 1.74. The summed E-state index contributed by atoms with van der Waals surface area (Å²) in [6.45, 7) is 5.61. The number of carbonyl (C=O) groups is 2. The number of halogens is 1. The van der Waals surface area contributed by atoms with Crippen molar-refractivity contribution in [1.29, 1.82) is 0 Å². The van der Waals surface area contributed by atoms with Gasteiger partial charge in [0.25, 0.3) is 0 Å². The summed E-state index contributed by atoms with van der Waals surface area (Å²) < 4.78 is 0. The smallest absolute Gasteiger partial charge is 0.229 e. The molecule has 2 saturated heterocycles. The zero-order chi connectivity index (χ0) is 23.2. The molecule has 9 nitrogen and oxygen atoms in total. The van der Waals surface area contributed by atoms with Crippen LogP contribution in [0.1, 0.15) is 32.6 Å². The highest BCUT2D eigenvalue weighted by Crippen LogP contribution is 2.29. The van der Waals surface area contributed by atoms with Crippen LogP contribution < -0.4 is 16.0 Å². The van der Waals surface area contributed by atoms with Crippen LogP contribution >= 0.6 is 11.6 Å². The van der Waals surface area contributed by atoms with E-state index in [9.17, 15) is 9.59 Å². The summed E-state index contributed by atoms with van der Waals surface area (Å²) in [5.41, 5.74) is 1.27. The Morgan fingerprint density at radius 2 is 2.00 bits per heavy atom. The first kappa shape index (κ1) is 23.4. The Labute approximate surface area is 198 Å². The molecule has 0 radical (unpaired) electrons. The number of nitrogens with zero attached hydrogens (tertiary/aromatic N) is 4. The van der Waals surface area contributed by atoms with E-state index in [1.165, 1.54) is 6.20 Å². The topological polar surface area (TPSA) is 112 Å². The number of amides is 2. The lowest BCUT2D eigenvalue weighted by molar-refractivity contribution is -0.130. The van der Waals surface area contributed by atoms with Crippen LogP contribution in [-0.4, -0.2) is 64.4 Å². The van der Waals surface area contributed by atoms with Gasteiger partial charge in [-0.05, 0) is 44.2 Å². The molecule has 0 bridgehead atoms. The summed E-state index contributed by atoms with van der Waals surface area (Å²) in [5.74, 6) is 1.62. The fraction of sp³-hybridized carbons (Fsp3) is 0.522. The number of hydrogen-bond donors (Lipinski definition) is 3. The van der Waals surface area contributed by atoms with Crippen molar-refractivity contribution in [1.82, 2.24) is 25.2 Å². The molecule has 0 unspecified atom stereocenters. The Kier molecular flexibility index (Phi) is 7.72. The van der Waals surface area contributed by atoms with Crippen molar-refractivity contribution >= 4 is 35.1 Å². The number of aromatic nitrogens is 3. The molecule has 0 aliphatic carbocycles. The van der Waals surface area contributed by atoms with Gasteiger partial charge in [-0.15, -0.1) is 0 Å². The molecule has 0 aromatic carbocycles. The summed E-state index contributed by atoms with van der Waals surface area (Å²) in [5, 5.41) is 9.96. The third-order valence-electron chi connectivity index (χ3n) is 6.32. The van der Waals surface area contributed by atoms with Crippen LogP contribution in [0.3, 0.4) is 0 Å². The van der Waals surface area contributed by atoms with E-state index in [0.717, 1.165) is 51.9 Å². The Hall–Kier alpha value is -2.78. The molecule has 1 atom stereocenters.